The number of nitrogens with zero attached hydrogens (tertiary/aromatic N) is 3. The first-order valence-electron chi connectivity index (χ1n) is 17.0. The first kappa shape index (κ1) is 35.0. The number of ether oxygens (including phenoxy) is 2. The number of esters is 1. The summed E-state index contributed by atoms with van der Waals surface area (Å²) in [4.78, 5) is 62.6. The second-order valence-corrected chi connectivity index (χ2v) is 14.4. The predicted molar refractivity (Wildman–Crippen MR) is 188 cm³/mol. The summed E-state index contributed by atoms with van der Waals surface area (Å²) < 4.78 is 13.6. The van der Waals surface area contributed by atoms with E-state index < -0.39 is 59.6 Å². The van der Waals surface area contributed by atoms with E-state index in [0.29, 0.717) is 28.6 Å². The van der Waals surface area contributed by atoms with Gasteiger partial charge in [-0.15, -0.1) is 0 Å². The summed E-state index contributed by atoms with van der Waals surface area (Å²) in [6, 6.07) is 12.6. The van der Waals surface area contributed by atoms with Gasteiger partial charge < -0.3 is 29.3 Å². The topological polar surface area (TPSA) is 117 Å². The highest BCUT2D eigenvalue weighted by molar-refractivity contribution is 9.11. The molecule has 8 atom stereocenters. The summed E-state index contributed by atoms with van der Waals surface area (Å²) in [6.45, 7) is 7.37. The van der Waals surface area contributed by atoms with E-state index in [-0.39, 0.29) is 31.4 Å². The average molecular weight is 735 g/mol. The number of cyclic esters (lactones) is 1. The molecule has 49 heavy (non-hydrogen) atoms. The van der Waals surface area contributed by atoms with E-state index in [1.165, 1.54) is 4.90 Å². The fraction of sp³-hybridized carbons (Fsp3) is 0.474. The predicted octanol–water partition coefficient (Wildman–Crippen LogP) is 4.76. The summed E-state index contributed by atoms with van der Waals surface area (Å²) >= 11 is 3.62. The molecule has 10 nitrogen and oxygen atoms in total. The standard InChI is InChI=1S/C38H44BrN3O7/c1-6-26(21-43)42-34-36(46)41(31-22(2)14-13-15-23(31)3)19-12-8-11-18-28(44)40(5)24(4)32(25-16-9-7-10-17-25)48-37(47)29-30(35(42)45)38(34)20-27(39)33(29)49-38/h7-10,12-17,20,24,26,29-30,32-34,43H,6,11,18-19,21H2,1-5H3/b12-8-/t24-,26+,29+,30-,32+,33+,34+,38-/m1/s1. The first-order chi connectivity index (χ1) is 23.5. The molecule has 3 amide bonds. The van der Waals surface area contributed by atoms with Crippen LogP contribution in [0.2, 0.25) is 0 Å². The number of allylic oxidation sites excluding steroid dienone is 1. The summed E-state index contributed by atoms with van der Waals surface area (Å²) in [7, 11) is 1.70. The fourth-order valence-electron chi connectivity index (χ4n) is 8.09. The molecule has 1 N–H and O–H groups in total. The Bertz CT molecular complexity index is 1670. The van der Waals surface area contributed by atoms with Crippen molar-refractivity contribution in [2.75, 3.05) is 25.1 Å². The Balaban J connectivity index is 1.53. The number of aliphatic hydroxyl groups is 1. The van der Waals surface area contributed by atoms with Crippen LogP contribution in [0.5, 0.6) is 0 Å². The lowest BCUT2D eigenvalue weighted by atomic mass is 9.74. The second-order valence-electron chi connectivity index (χ2n) is 13.5. The molecule has 6 rings (SSSR count). The Kier molecular flexibility index (Phi) is 9.90. The Morgan fingerprint density at radius 3 is 2.33 bits per heavy atom. The number of aliphatic hydroxyl groups excluding tert-OH is 1. The van der Waals surface area contributed by atoms with Gasteiger partial charge in [0.1, 0.15) is 29.8 Å². The molecular formula is C38H44BrN3O7. The van der Waals surface area contributed by atoms with Gasteiger partial charge in [-0.1, -0.05) is 83.5 Å². The number of likely N-dealkylation sites (N-methyl/N-ethyl adjacent to an activating group) is 1. The molecule has 4 heterocycles. The minimum Gasteiger partial charge on any atom is -0.455 e. The first-order valence-corrected chi connectivity index (χ1v) is 17.8. The summed E-state index contributed by atoms with van der Waals surface area (Å²) in [5.74, 6) is -3.74. The van der Waals surface area contributed by atoms with Crippen molar-refractivity contribution in [2.45, 2.75) is 82.9 Å². The molecule has 1 spiro atoms. The van der Waals surface area contributed by atoms with Gasteiger partial charge in [-0.25, -0.2) is 0 Å². The number of likely N-dealkylation sites (tertiary alicyclic amines) is 1. The van der Waals surface area contributed by atoms with Crippen molar-refractivity contribution in [3.8, 4) is 0 Å². The number of anilines is 1. The molecule has 0 saturated carbocycles. The molecule has 11 heteroatoms. The number of carbonyl (C=O) groups excluding carboxylic acids is 4. The largest absolute Gasteiger partial charge is 0.455 e. The van der Waals surface area contributed by atoms with Crippen LogP contribution in [0.15, 0.2) is 71.2 Å². The van der Waals surface area contributed by atoms with Crippen LogP contribution in [-0.4, -0.2) is 88.6 Å². The molecule has 0 aliphatic carbocycles. The van der Waals surface area contributed by atoms with Crippen molar-refractivity contribution in [3.05, 3.63) is 87.9 Å². The minimum absolute atomic E-state index is 0.117. The molecule has 0 aromatic heterocycles. The third-order valence-corrected chi connectivity index (χ3v) is 11.4. The number of hydrogen-bond acceptors (Lipinski definition) is 7. The van der Waals surface area contributed by atoms with Gasteiger partial charge >= 0.3 is 5.97 Å². The van der Waals surface area contributed by atoms with E-state index in [0.717, 1.165) is 11.1 Å². The summed E-state index contributed by atoms with van der Waals surface area (Å²) in [5, 5.41) is 10.5. The van der Waals surface area contributed by atoms with Gasteiger partial charge in [0, 0.05) is 30.2 Å². The Morgan fingerprint density at radius 1 is 0.980 bits per heavy atom. The van der Waals surface area contributed by atoms with Crippen molar-refractivity contribution in [1.29, 1.82) is 0 Å². The summed E-state index contributed by atoms with van der Waals surface area (Å²) in [5.41, 5.74) is 1.67. The van der Waals surface area contributed by atoms with Crippen molar-refractivity contribution in [3.63, 3.8) is 0 Å². The van der Waals surface area contributed by atoms with Gasteiger partial charge in [0.2, 0.25) is 11.8 Å². The van der Waals surface area contributed by atoms with Crippen LogP contribution < -0.4 is 4.90 Å². The van der Waals surface area contributed by atoms with Crippen LogP contribution in [0.1, 0.15) is 55.9 Å². The van der Waals surface area contributed by atoms with E-state index >= 15 is 4.79 Å². The smallest absolute Gasteiger partial charge is 0.313 e. The maximum absolute atomic E-state index is 15.2. The second kappa shape index (κ2) is 13.8. The van der Waals surface area contributed by atoms with Crippen LogP contribution in [0.25, 0.3) is 0 Å². The van der Waals surface area contributed by atoms with Gasteiger partial charge in [-0.3, -0.25) is 19.2 Å². The fourth-order valence-corrected chi connectivity index (χ4v) is 8.82. The number of rotatable bonds is 5. The Hall–Kier alpha value is -3.80. The normalized spacial score (nSPS) is 31.9. The van der Waals surface area contributed by atoms with Crippen LogP contribution >= 0.6 is 15.9 Å². The number of carbonyl (C=O) groups is 4. The summed E-state index contributed by atoms with van der Waals surface area (Å²) in [6.07, 6.45) is 4.89. The number of halogens is 1. The molecule has 2 fully saturated rings. The van der Waals surface area contributed by atoms with E-state index in [9.17, 15) is 19.5 Å². The molecular weight excluding hydrogens is 690 g/mol. The monoisotopic (exact) mass is 733 g/mol. The van der Waals surface area contributed by atoms with Gasteiger partial charge in [0.15, 0.2) is 0 Å². The maximum atomic E-state index is 15.2. The molecule has 5 bridgehead atoms. The average Bonchev–Trinajstić information content (AvgIpc) is 3.69. The van der Waals surface area contributed by atoms with Crippen molar-refractivity contribution < 1.29 is 33.8 Å². The number of amides is 3. The van der Waals surface area contributed by atoms with Gasteiger partial charge in [-0.2, -0.15) is 0 Å². The zero-order valence-corrected chi connectivity index (χ0v) is 30.1. The molecule has 2 aromatic carbocycles. The molecule has 2 aromatic rings. The Labute approximate surface area is 295 Å². The molecule has 0 unspecified atom stereocenters. The number of hydrogen-bond donors (Lipinski definition) is 1. The number of aryl methyl sites for hydroxylation is 2. The van der Waals surface area contributed by atoms with Gasteiger partial charge in [-0.05, 0) is 56.4 Å². The highest BCUT2D eigenvalue weighted by atomic mass is 79.9. The number of fused-ring (bicyclic) bond motifs is 2. The molecule has 260 valence electrons. The molecule has 4 aliphatic heterocycles. The molecule has 2 saturated heterocycles. The number of para-hydroxylation sites is 1. The zero-order valence-electron chi connectivity index (χ0n) is 28.5. The molecule has 0 radical (unpaired) electrons. The van der Waals surface area contributed by atoms with E-state index in [1.54, 1.807) is 22.9 Å². The molecule has 4 aliphatic rings. The third-order valence-electron chi connectivity index (χ3n) is 10.7. The van der Waals surface area contributed by atoms with E-state index in [1.807, 2.05) is 88.4 Å². The lowest BCUT2D eigenvalue weighted by Gasteiger charge is -2.39. The van der Waals surface area contributed by atoms with Crippen LogP contribution in [-0.2, 0) is 28.7 Å². The van der Waals surface area contributed by atoms with Crippen LogP contribution in [0, 0.1) is 25.7 Å². The SMILES string of the molecule is CC[C@@H](CO)N1C(=O)[C@H]2[C@@H]3C(=O)O[C@H](c4ccccc4)[C@@H](C)N(C)C(=O)CC/C=C\CN(c4c(C)cccc4C)C(=O)[C@H]1[C@@]21C=C(Br)[C@@H]3O1. The highest BCUT2D eigenvalue weighted by Gasteiger charge is 2.75. The zero-order chi connectivity index (χ0) is 35.2. The van der Waals surface area contributed by atoms with E-state index in [4.69, 9.17) is 9.47 Å². The van der Waals surface area contributed by atoms with E-state index in [2.05, 4.69) is 15.9 Å². The van der Waals surface area contributed by atoms with Crippen molar-refractivity contribution in [1.82, 2.24) is 9.80 Å². The Morgan fingerprint density at radius 2 is 1.67 bits per heavy atom. The van der Waals surface area contributed by atoms with Crippen molar-refractivity contribution in [2.24, 2.45) is 11.8 Å². The highest BCUT2D eigenvalue weighted by Crippen LogP contribution is 2.59. The number of benzene rings is 2. The third kappa shape index (κ3) is 5.83. The van der Waals surface area contributed by atoms with Crippen LogP contribution in [0.3, 0.4) is 0 Å². The quantitative estimate of drug-likeness (QED) is 0.348. The minimum atomic E-state index is -1.49. The van der Waals surface area contributed by atoms with Gasteiger partial charge in [0.05, 0.1) is 24.6 Å². The van der Waals surface area contributed by atoms with Crippen LogP contribution in [0.4, 0.5) is 5.69 Å². The van der Waals surface area contributed by atoms with Crippen molar-refractivity contribution >= 4 is 45.3 Å². The maximum Gasteiger partial charge on any atom is 0.313 e. The lowest BCUT2D eigenvalue weighted by molar-refractivity contribution is -0.164. The van der Waals surface area contributed by atoms with Gasteiger partial charge in [0.25, 0.3) is 5.91 Å². The lowest BCUT2D eigenvalue weighted by Crippen LogP contribution is -2.58.